The van der Waals surface area contributed by atoms with Gasteiger partial charge in [0.25, 0.3) is 0 Å². The molecule has 2 rings (SSSR count). The lowest BCUT2D eigenvalue weighted by Crippen LogP contribution is -2.49. The fourth-order valence-corrected chi connectivity index (χ4v) is 3.15. The molecule has 1 aliphatic rings. The van der Waals surface area contributed by atoms with Gasteiger partial charge in [-0.1, -0.05) is 26.0 Å². The lowest BCUT2D eigenvalue weighted by Gasteiger charge is -2.36. The second-order valence-corrected chi connectivity index (χ2v) is 7.17. The van der Waals surface area contributed by atoms with Gasteiger partial charge >= 0.3 is 0 Å². The highest BCUT2D eigenvalue weighted by Gasteiger charge is 2.27. The van der Waals surface area contributed by atoms with Crippen LogP contribution in [-0.2, 0) is 9.53 Å². The topological polar surface area (TPSA) is 46.6 Å². The molecule has 1 amide bonds. The first-order valence-corrected chi connectivity index (χ1v) is 8.86. The maximum atomic E-state index is 12.6. The number of hydrogen-bond donors (Lipinski definition) is 0. The first-order chi connectivity index (χ1) is 11.4. The van der Waals surface area contributed by atoms with E-state index in [4.69, 9.17) is 4.74 Å². The number of benzene rings is 1. The van der Waals surface area contributed by atoms with Gasteiger partial charge in [0.1, 0.15) is 0 Å². The van der Waals surface area contributed by atoms with E-state index >= 15 is 0 Å². The summed E-state index contributed by atoms with van der Waals surface area (Å²) in [4.78, 5) is 26.8. The van der Waals surface area contributed by atoms with E-state index < -0.39 is 0 Å². The van der Waals surface area contributed by atoms with E-state index in [2.05, 4.69) is 13.8 Å². The number of nitrogens with zero attached hydrogens (tertiary/aromatic N) is 1. The van der Waals surface area contributed by atoms with Crippen LogP contribution in [0.4, 0.5) is 0 Å². The van der Waals surface area contributed by atoms with Crippen molar-refractivity contribution in [2.75, 3.05) is 19.8 Å². The van der Waals surface area contributed by atoms with Crippen molar-refractivity contribution in [3.05, 3.63) is 34.9 Å². The van der Waals surface area contributed by atoms with Gasteiger partial charge in [-0.15, -0.1) is 0 Å². The molecule has 1 fully saturated rings. The van der Waals surface area contributed by atoms with Crippen molar-refractivity contribution in [3.8, 4) is 0 Å². The van der Waals surface area contributed by atoms with Crippen LogP contribution in [0.3, 0.4) is 0 Å². The Hall–Kier alpha value is -1.68. The third kappa shape index (κ3) is 4.91. The quantitative estimate of drug-likeness (QED) is 0.749. The largest absolute Gasteiger partial charge is 0.377 e. The van der Waals surface area contributed by atoms with Crippen LogP contribution in [0.15, 0.2) is 18.2 Å². The Bertz CT molecular complexity index is 595. The Kier molecular flexibility index (Phi) is 6.55. The standard InChI is InChI=1S/C20H29NO3/c1-14(2)11-18-13-24-10-9-21(18)20(23)8-7-19(22)17-6-5-15(3)16(4)12-17/h5-6,12,14,18H,7-11,13H2,1-4H3. The summed E-state index contributed by atoms with van der Waals surface area (Å²) in [6.45, 7) is 10.2. The summed E-state index contributed by atoms with van der Waals surface area (Å²) in [7, 11) is 0. The van der Waals surface area contributed by atoms with Gasteiger partial charge in [0.2, 0.25) is 5.91 Å². The first-order valence-electron chi connectivity index (χ1n) is 8.86. The van der Waals surface area contributed by atoms with Crippen LogP contribution in [0.1, 0.15) is 54.6 Å². The molecule has 1 aromatic rings. The summed E-state index contributed by atoms with van der Waals surface area (Å²) in [5.41, 5.74) is 2.98. The highest BCUT2D eigenvalue weighted by molar-refractivity contribution is 5.98. The van der Waals surface area contributed by atoms with Crippen molar-refractivity contribution in [1.29, 1.82) is 0 Å². The van der Waals surface area contributed by atoms with Crippen molar-refractivity contribution >= 4 is 11.7 Å². The van der Waals surface area contributed by atoms with Gasteiger partial charge in [0, 0.05) is 24.9 Å². The molecule has 132 valence electrons. The molecule has 0 spiro atoms. The molecule has 0 aromatic heterocycles. The van der Waals surface area contributed by atoms with Gasteiger partial charge in [-0.25, -0.2) is 0 Å². The Morgan fingerprint density at radius 2 is 1.96 bits per heavy atom. The lowest BCUT2D eigenvalue weighted by atomic mass is 9.99. The number of carbonyl (C=O) groups is 2. The number of ether oxygens (including phenoxy) is 1. The monoisotopic (exact) mass is 331 g/mol. The molecule has 24 heavy (non-hydrogen) atoms. The minimum absolute atomic E-state index is 0.0418. The highest BCUT2D eigenvalue weighted by atomic mass is 16.5. The smallest absolute Gasteiger partial charge is 0.223 e. The van der Waals surface area contributed by atoms with Gasteiger partial charge in [-0.3, -0.25) is 9.59 Å². The summed E-state index contributed by atoms with van der Waals surface area (Å²) in [6.07, 6.45) is 1.49. The van der Waals surface area contributed by atoms with Gasteiger partial charge in [0.15, 0.2) is 5.78 Å². The van der Waals surface area contributed by atoms with E-state index in [1.807, 2.05) is 36.9 Å². The van der Waals surface area contributed by atoms with Crippen molar-refractivity contribution in [2.45, 2.75) is 53.0 Å². The van der Waals surface area contributed by atoms with Gasteiger partial charge in [-0.05, 0) is 43.4 Å². The molecule has 1 saturated heterocycles. The Balaban J connectivity index is 1.93. The molecule has 1 atom stereocenters. The zero-order valence-electron chi connectivity index (χ0n) is 15.3. The zero-order chi connectivity index (χ0) is 17.7. The summed E-state index contributed by atoms with van der Waals surface area (Å²) in [6, 6.07) is 5.87. The lowest BCUT2D eigenvalue weighted by molar-refractivity contribution is -0.140. The van der Waals surface area contributed by atoms with E-state index in [9.17, 15) is 9.59 Å². The van der Waals surface area contributed by atoms with Crippen LogP contribution in [0.5, 0.6) is 0 Å². The van der Waals surface area contributed by atoms with Crippen molar-refractivity contribution in [3.63, 3.8) is 0 Å². The zero-order valence-corrected chi connectivity index (χ0v) is 15.3. The van der Waals surface area contributed by atoms with Gasteiger partial charge in [-0.2, -0.15) is 0 Å². The van der Waals surface area contributed by atoms with E-state index in [0.717, 1.165) is 12.0 Å². The number of Topliss-reactive ketones (excluding diaryl/α,β-unsaturated/α-hetero) is 1. The molecule has 4 nitrogen and oxygen atoms in total. The van der Waals surface area contributed by atoms with Crippen LogP contribution in [0.2, 0.25) is 0 Å². The summed E-state index contributed by atoms with van der Waals surface area (Å²) in [5.74, 6) is 0.630. The van der Waals surface area contributed by atoms with Crippen molar-refractivity contribution in [2.24, 2.45) is 5.92 Å². The molecule has 4 heteroatoms. The maximum absolute atomic E-state index is 12.6. The van der Waals surface area contributed by atoms with Gasteiger partial charge in [0.05, 0.1) is 19.3 Å². The minimum atomic E-state index is 0.0418. The van der Waals surface area contributed by atoms with Crippen LogP contribution < -0.4 is 0 Å². The number of carbonyl (C=O) groups excluding carboxylic acids is 2. The van der Waals surface area contributed by atoms with Crippen LogP contribution >= 0.6 is 0 Å². The number of rotatable bonds is 6. The SMILES string of the molecule is Cc1ccc(C(=O)CCC(=O)N2CCOCC2CC(C)C)cc1C. The molecule has 0 saturated carbocycles. The number of ketones is 1. The molecular formula is C20H29NO3. The Morgan fingerprint density at radius 3 is 2.62 bits per heavy atom. The van der Waals surface area contributed by atoms with E-state index in [1.165, 1.54) is 5.56 Å². The number of aryl methyl sites for hydroxylation is 2. The van der Waals surface area contributed by atoms with Crippen LogP contribution in [-0.4, -0.2) is 42.4 Å². The number of hydrogen-bond acceptors (Lipinski definition) is 3. The third-order valence-electron chi connectivity index (χ3n) is 4.69. The summed E-state index contributed by atoms with van der Waals surface area (Å²) in [5, 5.41) is 0. The predicted octanol–water partition coefficient (Wildman–Crippen LogP) is 3.54. The molecule has 1 aromatic carbocycles. The molecule has 0 radical (unpaired) electrons. The molecule has 0 bridgehead atoms. The maximum Gasteiger partial charge on any atom is 0.223 e. The van der Waals surface area contributed by atoms with E-state index in [1.54, 1.807) is 0 Å². The van der Waals surface area contributed by atoms with Gasteiger partial charge < -0.3 is 9.64 Å². The summed E-state index contributed by atoms with van der Waals surface area (Å²) < 4.78 is 5.52. The third-order valence-corrected chi connectivity index (χ3v) is 4.69. The average Bonchev–Trinajstić information content (AvgIpc) is 2.54. The second kappa shape index (κ2) is 8.43. The molecule has 1 heterocycles. The average molecular weight is 331 g/mol. The normalized spacial score (nSPS) is 18.0. The molecule has 0 aliphatic carbocycles. The molecule has 0 N–H and O–H groups in total. The molecular weight excluding hydrogens is 302 g/mol. The van der Waals surface area contributed by atoms with Crippen LogP contribution in [0.25, 0.3) is 0 Å². The van der Waals surface area contributed by atoms with E-state index in [0.29, 0.717) is 31.2 Å². The number of morpholine rings is 1. The van der Waals surface area contributed by atoms with Crippen molar-refractivity contribution < 1.29 is 14.3 Å². The Morgan fingerprint density at radius 1 is 1.21 bits per heavy atom. The van der Waals surface area contributed by atoms with Crippen LogP contribution in [0, 0.1) is 19.8 Å². The van der Waals surface area contributed by atoms with E-state index in [-0.39, 0.29) is 30.6 Å². The highest BCUT2D eigenvalue weighted by Crippen LogP contribution is 2.18. The fourth-order valence-electron chi connectivity index (χ4n) is 3.15. The summed E-state index contributed by atoms with van der Waals surface area (Å²) >= 11 is 0. The molecule has 1 unspecified atom stereocenters. The fraction of sp³-hybridized carbons (Fsp3) is 0.600. The Labute approximate surface area is 145 Å². The number of amides is 1. The minimum Gasteiger partial charge on any atom is -0.377 e. The molecule has 1 aliphatic heterocycles. The van der Waals surface area contributed by atoms with Crippen molar-refractivity contribution in [1.82, 2.24) is 4.90 Å². The second-order valence-electron chi connectivity index (χ2n) is 7.17. The first kappa shape index (κ1) is 18.7. The predicted molar refractivity (Wildman–Crippen MR) is 95.3 cm³/mol.